The molecule has 0 spiro atoms. The zero-order chi connectivity index (χ0) is 14.9. The van der Waals surface area contributed by atoms with Gasteiger partial charge in [0.1, 0.15) is 10.1 Å². The van der Waals surface area contributed by atoms with Crippen molar-refractivity contribution in [1.29, 1.82) is 0 Å². The number of nitrogens with one attached hydrogen (secondary N) is 1. The Kier molecular flexibility index (Phi) is 4.39. The van der Waals surface area contributed by atoms with Gasteiger partial charge in [0.2, 0.25) is 5.91 Å². The van der Waals surface area contributed by atoms with Crippen molar-refractivity contribution in [2.75, 3.05) is 0 Å². The van der Waals surface area contributed by atoms with Crippen LogP contribution in [0.2, 0.25) is 0 Å². The first-order valence-corrected chi connectivity index (χ1v) is 6.78. The summed E-state index contributed by atoms with van der Waals surface area (Å²) in [7, 11) is 0. The number of halogens is 4. The smallest absolute Gasteiger partial charge is 0.387 e. The predicted octanol–water partition coefficient (Wildman–Crippen LogP) is 3.66. The fourth-order valence-corrected chi connectivity index (χ4v) is 2.36. The average molecular weight is 324 g/mol. The van der Waals surface area contributed by atoms with E-state index >= 15 is 0 Å². The van der Waals surface area contributed by atoms with Crippen LogP contribution in [0.5, 0.6) is 5.75 Å². The molecule has 0 heterocycles. The fourth-order valence-electron chi connectivity index (χ4n) is 1.86. The molecule has 1 fully saturated rings. The van der Waals surface area contributed by atoms with E-state index in [1.54, 1.807) is 19.1 Å². The van der Waals surface area contributed by atoms with Gasteiger partial charge in [-0.1, -0.05) is 12.1 Å². The fraction of sp³-hybridized carbons (Fsp3) is 0.462. The molecule has 3 nitrogen and oxygen atoms in total. The van der Waals surface area contributed by atoms with Crippen LogP contribution in [0.4, 0.5) is 8.78 Å². The summed E-state index contributed by atoms with van der Waals surface area (Å²) in [6.45, 7) is -1.14. The molecule has 2 atom stereocenters. The average Bonchev–Trinajstić information content (AvgIpc) is 2.98. The molecular formula is C13H13Cl2F2NO2. The van der Waals surface area contributed by atoms with E-state index in [9.17, 15) is 13.6 Å². The maximum absolute atomic E-state index is 12.1. The topological polar surface area (TPSA) is 38.3 Å². The molecule has 0 bridgehead atoms. The summed E-state index contributed by atoms with van der Waals surface area (Å²) in [4.78, 5) is 11.8. The quantitative estimate of drug-likeness (QED) is 0.840. The lowest BCUT2D eigenvalue weighted by atomic mass is 10.1. The van der Waals surface area contributed by atoms with Crippen molar-refractivity contribution in [3.05, 3.63) is 29.8 Å². The maximum Gasteiger partial charge on any atom is 0.387 e. The molecule has 110 valence electrons. The Bertz CT molecular complexity index is 511. The van der Waals surface area contributed by atoms with Crippen molar-refractivity contribution >= 4 is 29.1 Å². The highest BCUT2D eigenvalue weighted by Crippen LogP contribution is 2.53. The van der Waals surface area contributed by atoms with Gasteiger partial charge in [-0.3, -0.25) is 4.79 Å². The molecule has 1 aliphatic carbocycles. The van der Waals surface area contributed by atoms with Crippen LogP contribution >= 0.6 is 23.2 Å². The van der Waals surface area contributed by atoms with Gasteiger partial charge in [0.05, 0.1) is 12.0 Å². The molecular weight excluding hydrogens is 311 g/mol. The first-order chi connectivity index (χ1) is 9.29. The molecule has 0 saturated heterocycles. The van der Waals surface area contributed by atoms with Crippen LogP contribution < -0.4 is 10.1 Å². The number of carbonyl (C=O) groups excluding carboxylic acids is 1. The van der Waals surface area contributed by atoms with Crippen molar-refractivity contribution in [1.82, 2.24) is 5.32 Å². The third kappa shape index (κ3) is 3.73. The van der Waals surface area contributed by atoms with Crippen molar-refractivity contribution < 1.29 is 18.3 Å². The summed E-state index contributed by atoms with van der Waals surface area (Å²) < 4.78 is 27.6. The zero-order valence-electron chi connectivity index (χ0n) is 10.6. The van der Waals surface area contributed by atoms with Crippen molar-refractivity contribution in [3.63, 3.8) is 0 Å². The van der Waals surface area contributed by atoms with Crippen LogP contribution in [-0.2, 0) is 4.79 Å². The van der Waals surface area contributed by atoms with E-state index in [1.165, 1.54) is 12.1 Å². The van der Waals surface area contributed by atoms with E-state index < -0.39 is 16.9 Å². The third-order valence-corrected chi connectivity index (χ3v) is 3.92. The number of alkyl halides is 4. The molecule has 0 aromatic heterocycles. The first kappa shape index (κ1) is 15.3. The van der Waals surface area contributed by atoms with E-state index in [4.69, 9.17) is 23.2 Å². The Hall–Kier alpha value is -1.07. The van der Waals surface area contributed by atoms with Crippen LogP contribution in [-0.4, -0.2) is 16.9 Å². The summed E-state index contributed by atoms with van der Waals surface area (Å²) in [6.07, 6.45) is 0.420. The van der Waals surface area contributed by atoms with Crippen LogP contribution in [0, 0.1) is 5.92 Å². The van der Waals surface area contributed by atoms with Crippen molar-refractivity contribution in [2.24, 2.45) is 5.92 Å². The predicted molar refractivity (Wildman–Crippen MR) is 72.2 cm³/mol. The number of amides is 1. The minimum atomic E-state index is -2.88. The maximum atomic E-state index is 12.1. The van der Waals surface area contributed by atoms with Gasteiger partial charge in [0, 0.05) is 0 Å². The highest BCUT2D eigenvalue weighted by Gasteiger charge is 2.56. The molecule has 0 radical (unpaired) electrons. The molecule has 1 saturated carbocycles. The largest absolute Gasteiger partial charge is 0.435 e. The van der Waals surface area contributed by atoms with E-state index in [0.29, 0.717) is 12.0 Å². The first-order valence-electron chi connectivity index (χ1n) is 6.02. The van der Waals surface area contributed by atoms with Gasteiger partial charge >= 0.3 is 6.61 Å². The van der Waals surface area contributed by atoms with E-state index in [2.05, 4.69) is 10.1 Å². The molecule has 7 heteroatoms. The monoisotopic (exact) mass is 323 g/mol. The minimum Gasteiger partial charge on any atom is -0.435 e. The molecule has 2 rings (SSSR count). The normalized spacial score (nSPS) is 21.4. The van der Waals surface area contributed by atoms with E-state index in [0.717, 1.165) is 0 Å². The molecule has 1 amide bonds. The van der Waals surface area contributed by atoms with Crippen LogP contribution in [0.25, 0.3) is 0 Å². The summed E-state index contributed by atoms with van der Waals surface area (Å²) in [5.41, 5.74) is 0.659. The second kappa shape index (κ2) is 5.74. The third-order valence-electron chi connectivity index (χ3n) is 3.08. The highest BCUT2D eigenvalue weighted by molar-refractivity contribution is 6.52. The number of rotatable bonds is 5. The second-order valence-electron chi connectivity index (χ2n) is 4.70. The number of hydrogen-bond donors (Lipinski definition) is 1. The Morgan fingerprint density at radius 3 is 2.70 bits per heavy atom. The van der Waals surface area contributed by atoms with E-state index in [-0.39, 0.29) is 17.7 Å². The Morgan fingerprint density at radius 1 is 1.50 bits per heavy atom. The molecule has 1 aromatic rings. The van der Waals surface area contributed by atoms with Crippen molar-refractivity contribution in [3.8, 4) is 5.75 Å². The molecule has 2 unspecified atom stereocenters. The van der Waals surface area contributed by atoms with Crippen LogP contribution in [0.3, 0.4) is 0 Å². The van der Waals surface area contributed by atoms with Gasteiger partial charge < -0.3 is 10.1 Å². The molecule has 20 heavy (non-hydrogen) atoms. The molecule has 1 N–H and O–H groups in total. The van der Waals surface area contributed by atoms with Gasteiger partial charge in [-0.25, -0.2) is 0 Å². The van der Waals surface area contributed by atoms with Gasteiger partial charge in [-0.05, 0) is 31.0 Å². The van der Waals surface area contributed by atoms with Crippen LogP contribution in [0.15, 0.2) is 24.3 Å². The summed E-state index contributed by atoms with van der Waals surface area (Å²) in [6, 6.07) is 5.82. The van der Waals surface area contributed by atoms with Gasteiger partial charge in [0.15, 0.2) is 0 Å². The highest BCUT2D eigenvalue weighted by atomic mass is 35.5. The summed E-state index contributed by atoms with van der Waals surface area (Å²) in [5.74, 6) is -0.620. The number of ether oxygens (including phenoxy) is 1. The standard InChI is InChI=1S/C13H13Cl2F2NO2/c1-7(18-11(19)10-6-13(10,14)15)8-3-2-4-9(5-8)20-12(16)17/h2-5,7,10,12H,6H2,1H3,(H,18,19). The molecule has 1 aliphatic rings. The lowest BCUT2D eigenvalue weighted by Crippen LogP contribution is -2.29. The van der Waals surface area contributed by atoms with Gasteiger partial charge in [-0.2, -0.15) is 8.78 Å². The number of benzene rings is 1. The van der Waals surface area contributed by atoms with Gasteiger partial charge in [-0.15, -0.1) is 23.2 Å². The lowest BCUT2D eigenvalue weighted by Gasteiger charge is -2.15. The van der Waals surface area contributed by atoms with E-state index in [1.807, 2.05) is 0 Å². The second-order valence-corrected chi connectivity index (χ2v) is 6.24. The summed E-state index contributed by atoms with van der Waals surface area (Å²) >= 11 is 11.6. The Labute approximate surface area is 125 Å². The van der Waals surface area contributed by atoms with Gasteiger partial charge in [0.25, 0.3) is 0 Å². The lowest BCUT2D eigenvalue weighted by molar-refractivity contribution is -0.123. The Balaban J connectivity index is 1.98. The number of hydrogen-bond acceptors (Lipinski definition) is 2. The Morgan fingerprint density at radius 2 is 2.15 bits per heavy atom. The molecule has 1 aromatic carbocycles. The SMILES string of the molecule is CC(NC(=O)C1CC1(Cl)Cl)c1cccc(OC(F)F)c1. The van der Waals surface area contributed by atoms with Crippen LogP contribution in [0.1, 0.15) is 24.9 Å². The van der Waals surface area contributed by atoms with Crippen molar-refractivity contribution in [2.45, 2.75) is 30.3 Å². The number of carbonyl (C=O) groups is 1. The minimum absolute atomic E-state index is 0.0501. The molecule has 0 aliphatic heterocycles. The summed E-state index contributed by atoms with van der Waals surface area (Å²) in [5, 5.41) is 2.74. The zero-order valence-corrected chi connectivity index (χ0v) is 12.1.